The van der Waals surface area contributed by atoms with Gasteiger partial charge in [0.15, 0.2) is 0 Å². The molecule has 1 atom stereocenters. The molecule has 0 spiro atoms. The van der Waals surface area contributed by atoms with Crippen LogP contribution in [0.5, 0.6) is 0 Å². The Kier molecular flexibility index (Phi) is 6.02. The van der Waals surface area contributed by atoms with E-state index in [9.17, 15) is 18.0 Å². The molecule has 1 aromatic rings. The zero-order valence-electron chi connectivity index (χ0n) is 16.1. The maximum absolute atomic E-state index is 13.2. The van der Waals surface area contributed by atoms with Crippen molar-refractivity contribution in [2.75, 3.05) is 37.7 Å². The predicted molar refractivity (Wildman–Crippen MR) is 108 cm³/mol. The highest BCUT2D eigenvalue weighted by molar-refractivity contribution is 9.10. The van der Waals surface area contributed by atoms with Gasteiger partial charge in [0.05, 0.1) is 11.5 Å². The van der Waals surface area contributed by atoms with Gasteiger partial charge in [0, 0.05) is 49.3 Å². The smallest absolute Gasteiger partial charge is 0.409 e. The van der Waals surface area contributed by atoms with E-state index in [4.69, 9.17) is 4.74 Å². The van der Waals surface area contributed by atoms with Gasteiger partial charge in [0.25, 0.3) is 0 Å². The fraction of sp³-hybridized carbons (Fsp3) is 0.556. The summed E-state index contributed by atoms with van der Waals surface area (Å²) in [4.78, 5) is 27.1. The molecular formula is C18H24BrN3O5S. The summed E-state index contributed by atoms with van der Waals surface area (Å²) in [5.41, 5.74) is 1.59. The summed E-state index contributed by atoms with van der Waals surface area (Å²) in [6.07, 6.45) is 0.260. The Morgan fingerprint density at radius 2 is 1.86 bits per heavy atom. The summed E-state index contributed by atoms with van der Waals surface area (Å²) >= 11 is 3.39. The van der Waals surface area contributed by atoms with E-state index in [0.717, 1.165) is 5.56 Å². The molecule has 1 saturated heterocycles. The number of carbonyl (C=O) groups excluding carboxylic acids is 2. The van der Waals surface area contributed by atoms with Gasteiger partial charge in [0.2, 0.25) is 15.9 Å². The molecule has 2 heterocycles. The number of benzene rings is 1. The number of amides is 2. The Bertz CT molecular complexity index is 897. The molecule has 3 rings (SSSR count). The highest BCUT2D eigenvalue weighted by Gasteiger charge is 2.35. The van der Waals surface area contributed by atoms with E-state index in [1.807, 2.05) is 6.92 Å². The van der Waals surface area contributed by atoms with Gasteiger partial charge in [-0.25, -0.2) is 13.2 Å². The molecule has 1 fully saturated rings. The fourth-order valence-corrected chi connectivity index (χ4v) is 6.25. The SMILES string of the molecule is CCOC(=O)N1CCN(S(=O)(=O)c2cc3c(cc2Br)CC(C)N3C(C)=O)CC1. The molecule has 0 aromatic heterocycles. The van der Waals surface area contributed by atoms with E-state index in [0.29, 0.717) is 16.6 Å². The van der Waals surface area contributed by atoms with E-state index in [1.165, 1.54) is 16.1 Å². The number of ether oxygens (including phenoxy) is 1. The molecule has 0 N–H and O–H groups in total. The number of hydrogen-bond donors (Lipinski definition) is 0. The molecule has 1 aromatic carbocycles. The van der Waals surface area contributed by atoms with Crippen molar-refractivity contribution in [2.24, 2.45) is 0 Å². The number of anilines is 1. The maximum Gasteiger partial charge on any atom is 0.409 e. The Balaban J connectivity index is 1.86. The lowest BCUT2D eigenvalue weighted by molar-refractivity contribution is -0.116. The fourth-order valence-electron chi connectivity index (χ4n) is 3.76. The minimum atomic E-state index is -3.77. The van der Waals surface area contributed by atoms with E-state index in [1.54, 1.807) is 24.0 Å². The molecule has 1 unspecified atom stereocenters. The zero-order chi connectivity index (χ0) is 20.6. The van der Waals surface area contributed by atoms with Crippen molar-refractivity contribution >= 4 is 43.6 Å². The number of sulfonamides is 1. The van der Waals surface area contributed by atoms with Crippen LogP contribution in [0.15, 0.2) is 21.5 Å². The minimum absolute atomic E-state index is 0.00882. The lowest BCUT2D eigenvalue weighted by Crippen LogP contribution is -2.50. The molecule has 0 aliphatic carbocycles. The summed E-state index contributed by atoms with van der Waals surface area (Å²) in [5, 5.41) is 0. The average Bonchev–Trinajstić information content (AvgIpc) is 2.96. The van der Waals surface area contributed by atoms with E-state index in [-0.39, 0.29) is 49.6 Å². The van der Waals surface area contributed by atoms with Gasteiger partial charge in [0.1, 0.15) is 0 Å². The summed E-state index contributed by atoms with van der Waals surface area (Å²) in [7, 11) is -3.77. The van der Waals surface area contributed by atoms with Gasteiger partial charge >= 0.3 is 6.09 Å². The van der Waals surface area contributed by atoms with Gasteiger partial charge in [-0.05, 0) is 53.9 Å². The van der Waals surface area contributed by atoms with Crippen molar-refractivity contribution in [3.8, 4) is 0 Å². The van der Waals surface area contributed by atoms with Crippen LogP contribution >= 0.6 is 15.9 Å². The van der Waals surface area contributed by atoms with Crippen LogP contribution in [0.2, 0.25) is 0 Å². The number of carbonyl (C=O) groups is 2. The van der Waals surface area contributed by atoms with Crippen molar-refractivity contribution in [3.63, 3.8) is 0 Å². The average molecular weight is 474 g/mol. The summed E-state index contributed by atoms with van der Waals surface area (Å²) < 4.78 is 33.3. The quantitative estimate of drug-likeness (QED) is 0.671. The highest BCUT2D eigenvalue weighted by atomic mass is 79.9. The first kappa shape index (κ1) is 21.1. The molecule has 2 aliphatic rings. The molecular weight excluding hydrogens is 450 g/mol. The number of hydrogen-bond acceptors (Lipinski definition) is 5. The first-order valence-corrected chi connectivity index (χ1v) is 11.4. The van der Waals surface area contributed by atoms with E-state index < -0.39 is 16.1 Å². The molecule has 2 amide bonds. The first-order chi connectivity index (χ1) is 13.2. The van der Waals surface area contributed by atoms with Crippen LogP contribution in [0.1, 0.15) is 26.3 Å². The predicted octanol–water partition coefficient (Wildman–Crippen LogP) is 2.21. The van der Waals surface area contributed by atoms with Gasteiger partial charge < -0.3 is 14.5 Å². The first-order valence-electron chi connectivity index (χ1n) is 9.20. The molecule has 0 radical (unpaired) electrons. The topological polar surface area (TPSA) is 87.2 Å². The molecule has 10 heteroatoms. The van der Waals surface area contributed by atoms with Crippen molar-refractivity contribution in [1.29, 1.82) is 0 Å². The maximum atomic E-state index is 13.2. The van der Waals surface area contributed by atoms with Crippen LogP contribution in [0.4, 0.5) is 10.5 Å². The molecule has 2 aliphatic heterocycles. The Morgan fingerprint density at radius 3 is 2.43 bits per heavy atom. The van der Waals surface area contributed by atoms with Crippen LogP contribution in [0, 0.1) is 0 Å². The number of halogens is 1. The number of nitrogens with zero attached hydrogens (tertiary/aromatic N) is 3. The van der Waals surface area contributed by atoms with Crippen LogP contribution in [-0.4, -0.2) is 68.5 Å². The van der Waals surface area contributed by atoms with Gasteiger partial charge in [-0.1, -0.05) is 0 Å². The summed E-state index contributed by atoms with van der Waals surface area (Å²) in [5.74, 6) is -0.111. The van der Waals surface area contributed by atoms with Crippen molar-refractivity contribution < 1.29 is 22.7 Å². The van der Waals surface area contributed by atoms with Crippen LogP contribution in [0.25, 0.3) is 0 Å². The largest absolute Gasteiger partial charge is 0.450 e. The van der Waals surface area contributed by atoms with Crippen LogP contribution < -0.4 is 4.90 Å². The Labute approximate surface area is 173 Å². The Morgan fingerprint density at radius 1 is 1.21 bits per heavy atom. The van der Waals surface area contributed by atoms with Crippen molar-refractivity contribution in [2.45, 2.75) is 38.1 Å². The van der Waals surface area contributed by atoms with Gasteiger partial charge in [-0.3, -0.25) is 4.79 Å². The minimum Gasteiger partial charge on any atom is -0.450 e. The van der Waals surface area contributed by atoms with Crippen LogP contribution in [-0.2, 0) is 26.0 Å². The molecule has 28 heavy (non-hydrogen) atoms. The summed E-state index contributed by atoms with van der Waals surface area (Å²) in [6, 6.07) is 3.36. The number of fused-ring (bicyclic) bond motifs is 1. The van der Waals surface area contributed by atoms with Crippen molar-refractivity contribution in [1.82, 2.24) is 9.21 Å². The van der Waals surface area contributed by atoms with Gasteiger partial charge in [-0.15, -0.1) is 0 Å². The van der Waals surface area contributed by atoms with Crippen LogP contribution in [0.3, 0.4) is 0 Å². The monoisotopic (exact) mass is 473 g/mol. The second-order valence-corrected chi connectivity index (χ2v) is 9.70. The summed E-state index contributed by atoms with van der Waals surface area (Å²) in [6.45, 7) is 6.37. The third kappa shape index (κ3) is 3.77. The molecule has 0 saturated carbocycles. The standard InChI is InChI=1S/C18H24BrN3O5S/c1-4-27-18(24)20-5-7-21(8-6-20)28(25,26)17-11-16-14(10-15(17)19)9-12(2)22(16)13(3)23/h10-12H,4-9H2,1-3H3. The second kappa shape index (κ2) is 8.00. The number of piperazine rings is 1. The third-order valence-corrected chi connectivity index (χ3v) is 7.93. The lowest BCUT2D eigenvalue weighted by atomic mass is 10.1. The highest BCUT2D eigenvalue weighted by Crippen LogP contribution is 2.38. The third-order valence-electron chi connectivity index (χ3n) is 5.07. The van der Waals surface area contributed by atoms with Gasteiger partial charge in [-0.2, -0.15) is 4.31 Å². The molecule has 8 nitrogen and oxygen atoms in total. The molecule has 0 bridgehead atoms. The van der Waals surface area contributed by atoms with E-state index >= 15 is 0 Å². The molecule has 154 valence electrons. The van der Waals surface area contributed by atoms with E-state index in [2.05, 4.69) is 15.9 Å². The Hall–Kier alpha value is -1.65. The zero-order valence-corrected chi connectivity index (χ0v) is 18.5. The lowest BCUT2D eigenvalue weighted by Gasteiger charge is -2.33. The second-order valence-electron chi connectivity index (χ2n) is 6.94. The number of rotatable bonds is 3. The van der Waals surface area contributed by atoms with Crippen molar-refractivity contribution in [3.05, 3.63) is 22.2 Å². The normalized spacial score (nSPS) is 20.2.